The summed E-state index contributed by atoms with van der Waals surface area (Å²) < 4.78 is 5.52. The van der Waals surface area contributed by atoms with Crippen molar-refractivity contribution >= 4 is 28.1 Å². The molecule has 0 spiro atoms. The molecule has 0 aliphatic carbocycles. The Labute approximate surface area is 121 Å². The van der Waals surface area contributed by atoms with E-state index in [1.54, 1.807) is 6.07 Å². The number of amides is 1. The molecule has 6 heteroatoms. The molecule has 2 rings (SSSR count). The van der Waals surface area contributed by atoms with Crippen LogP contribution >= 0.6 is 11.3 Å². The molecule has 0 saturated carbocycles. The number of thiazole rings is 1. The summed E-state index contributed by atoms with van der Waals surface area (Å²) in [5, 5.41) is 5.30. The lowest BCUT2D eigenvalue weighted by Crippen LogP contribution is -2.12. The fourth-order valence-corrected chi connectivity index (χ4v) is 2.32. The summed E-state index contributed by atoms with van der Waals surface area (Å²) >= 11 is 1.43. The number of carbonyl (C=O) groups excluding carboxylic acids is 1. The highest BCUT2D eigenvalue weighted by Gasteiger charge is 2.05. The Bertz CT molecular complexity index is 583. The summed E-state index contributed by atoms with van der Waals surface area (Å²) in [6.07, 6.45) is 1.02. The third-order valence-electron chi connectivity index (χ3n) is 2.59. The number of aryl methyl sites for hydroxylation is 1. The van der Waals surface area contributed by atoms with Crippen molar-refractivity contribution in [1.29, 1.82) is 0 Å². The minimum Gasteiger partial charge on any atom is -0.491 e. The Morgan fingerprint density at radius 3 is 2.95 bits per heavy atom. The number of para-hydroxylation sites is 2. The zero-order chi connectivity index (χ0) is 14.4. The smallest absolute Gasteiger partial charge is 0.226 e. The van der Waals surface area contributed by atoms with Crippen LogP contribution < -0.4 is 15.8 Å². The van der Waals surface area contributed by atoms with Crippen molar-refractivity contribution in [2.45, 2.75) is 19.8 Å². The largest absolute Gasteiger partial charge is 0.491 e. The van der Waals surface area contributed by atoms with Crippen LogP contribution in [0.15, 0.2) is 29.6 Å². The van der Waals surface area contributed by atoms with Crippen molar-refractivity contribution in [3.63, 3.8) is 0 Å². The van der Waals surface area contributed by atoms with E-state index in [1.165, 1.54) is 11.3 Å². The fourth-order valence-electron chi connectivity index (χ4n) is 1.62. The minimum absolute atomic E-state index is 0.0519. The van der Waals surface area contributed by atoms with Crippen molar-refractivity contribution in [2.75, 3.05) is 17.7 Å². The van der Waals surface area contributed by atoms with Gasteiger partial charge in [-0.3, -0.25) is 4.79 Å². The molecule has 5 nitrogen and oxygen atoms in total. The highest BCUT2D eigenvalue weighted by molar-refractivity contribution is 7.13. The maximum Gasteiger partial charge on any atom is 0.226 e. The van der Waals surface area contributed by atoms with E-state index < -0.39 is 0 Å². The number of aromatic nitrogens is 1. The van der Waals surface area contributed by atoms with E-state index in [0.29, 0.717) is 36.0 Å². The number of nitrogen functional groups attached to an aromatic ring is 1. The lowest BCUT2D eigenvalue weighted by atomic mass is 10.3. The Morgan fingerprint density at radius 1 is 1.45 bits per heavy atom. The molecule has 0 unspecified atom stereocenters. The van der Waals surface area contributed by atoms with Crippen molar-refractivity contribution in [1.82, 2.24) is 4.98 Å². The van der Waals surface area contributed by atoms with Crippen LogP contribution in [0.25, 0.3) is 0 Å². The van der Waals surface area contributed by atoms with Crippen molar-refractivity contribution in [3.05, 3.63) is 35.3 Å². The summed E-state index contributed by atoms with van der Waals surface area (Å²) in [5.41, 5.74) is 7.27. The van der Waals surface area contributed by atoms with Gasteiger partial charge in [0.15, 0.2) is 5.13 Å². The molecule has 0 bridgehead atoms. The molecular formula is C14H17N3O2S. The van der Waals surface area contributed by atoms with Crippen molar-refractivity contribution in [2.24, 2.45) is 0 Å². The molecule has 0 radical (unpaired) electrons. The Hall–Kier alpha value is -2.08. The predicted octanol–water partition coefficient (Wildman–Crippen LogP) is 2.83. The van der Waals surface area contributed by atoms with E-state index >= 15 is 0 Å². The topological polar surface area (TPSA) is 77.2 Å². The molecule has 1 amide bonds. The zero-order valence-corrected chi connectivity index (χ0v) is 12.1. The zero-order valence-electron chi connectivity index (χ0n) is 11.3. The quantitative estimate of drug-likeness (QED) is 0.633. The van der Waals surface area contributed by atoms with Gasteiger partial charge in [0.1, 0.15) is 5.75 Å². The van der Waals surface area contributed by atoms with Crippen molar-refractivity contribution in [3.8, 4) is 5.75 Å². The molecule has 0 aliphatic rings. The van der Waals surface area contributed by atoms with E-state index in [0.717, 1.165) is 5.69 Å². The van der Waals surface area contributed by atoms with Crippen LogP contribution in [0.5, 0.6) is 5.75 Å². The summed E-state index contributed by atoms with van der Waals surface area (Å²) in [5.74, 6) is 0.604. The predicted molar refractivity (Wildman–Crippen MR) is 81.1 cm³/mol. The van der Waals surface area contributed by atoms with Gasteiger partial charge in [0.25, 0.3) is 0 Å². The maximum absolute atomic E-state index is 11.7. The molecule has 106 valence electrons. The molecule has 1 aromatic carbocycles. The monoisotopic (exact) mass is 291 g/mol. The van der Waals surface area contributed by atoms with Gasteiger partial charge >= 0.3 is 0 Å². The summed E-state index contributed by atoms with van der Waals surface area (Å²) in [6.45, 7) is 2.35. The number of ether oxygens (including phenoxy) is 1. The second kappa shape index (κ2) is 6.91. The van der Waals surface area contributed by atoms with E-state index in [-0.39, 0.29) is 5.91 Å². The number of carbonyl (C=O) groups is 1. The number of benzene rings is 1. The SMILES string of the molecule is Cc1csc(NC(=O)CCCOc2ccccc2N)n1. The molecule has 1 heterocycles. The van der Waals surface area contributed by atoms with Gasteiger partial charge in [-0.05, 0) is 25.5 Å². The van der Waals surface area contributed by atoms with E-state index in [4.69, 9.17) is 10.5 Å². The first-order valence-electron chi connectivity index (χ1n) is 6.34. The van der Waals surface area contributed by atoms with Gasteiger partial charge in [0, 0.05) is 11.8 Å². The average Bonchev–Trinajstić information content (AvgIpc) is 2.82. The number of hydrogen-bond donors (Lipinski definition) is 2. The van der Waals surface area contributed by atoms with Gasteiger partial charge < -0.3 is 15.8 Å². The highest BCUT2D eigenvalue weighted by atomic mass is 32.1. The lowest BCUT2D eigenvalue weighted by Gasteiger charge is -2.08. The summed E-state index contributed by atoms with van der Waals surface area (Å²) in [7, 11) is 0. The molecule has 0 aliphatic heterocycles. The van der Waals surface area contributed by atoms with Gasteiger partial charge in [0.2, 0.25) is 5.91 Å². The van der Waals surface area contributed by atoms with Crippen LogP contribution in [-0.4, -0.2) is 17.5 Å². The molecule has 3 N–H and O–H groups in total. The number of nitrogens with one attached hydrogen (secondary N) is 1. The first kappa shape index (κ1) is 14.3. The molecule has 0 fully saturated rings. The lowest BCUT2D eigenvalue weighted by molar-refractivity contribution is -0.116. The third-order valence-corrected chi connectivity index (χ3v) is 3.47. The van der Waals surface area contributed by atoms with Gasteiger partial charge in [-0.2, -0.15) is 0 Å². The Kier molecular flexibility index (Phi) is 4.95. The molecule has 0 atom stereocenters. The van der Waals surface area contributed by atoms with Crippen LogP contribution in [-0.2, 0) is 4.79 Å². The van der Waals surface area contributed by atoms with E-state index in [9.17, 15) is 4.79 Å². The molecular weight excluding hydrogens is 274 g/mol. The van der Waals surface area contributed by atoms with Gasteiger partial charge in [-0.1, -0.05) is 12.1 Å². The fraction of sp³-hybridized carbons (Fsp3) is 0.286. The van der Waals surface area contributed by atoms with Crippen LogP contribution in [0.1, 0.15) is 18.5 Å². The second-order valence-electron chi connectivity index (χ2n) is 4.33. The standard InChI is InChI=1S/C14H17N3O2S/c1-10-9-20-14(16-10)17-13(18)7-4-8-19-12-6-3-2-5-11(12)15/h2-3,5-6,9H,4,7-8,15H2,1H3,(H,16,17,18). The summed E-state index contributed by atoms with van der Waals surface area (Å²) in [6, 6.07) is 7.31. The molecule has 1 aromatic heterocycles. The number of rotatable bonds is 6. The number of nitrogens with zero attached hydrogens (tertiary/aromatic N) is 1. The first-order chi connectivity index (χ1) is 9.65. The molecule has 0 saturated heterocycles. The molecule has 2 aromatic rings. The second-order valence-corrected chi connectivity index (χ2v) is 5.19. The first-order valence-corrected chi connectivity index (χ1v) is 7.22. The summed E-state index contributed by atoms with van der Waals surface area (Å²) in [4.78, 5) is 15.9. The number of anilines is 2. The maximum atomic E-state index is 11.7. The van der Waals surface area contributed by atoms with E-state index in [2.05, 4.69) is 10.3 Å². The van der Waals surface area contributed by atoms with Gasteiger partial charge in [0.05, 0.1) is 18.0 Å². The van der Waals surface area contributed by atoms with Gasteiger partial charge in [-0.25, -0.2) is 4.98 Å². The van der Waals surface area contributed by atoms with Crippen LogP contribution in [0.2, 0.25) is 0 Å². The number of hydrogen-bond acceptors (Lipinski definition) is 5. The Balaban J connectivity index is 1.68. The molecule has 20 heavy (non-hydrogen) atoms. The average molecular weight is 291 g/mol. The van der Waals surface area contributed by atoms with Crippen molar-refractivity contribution < 1.29 is 9.53 Å². The van der Waals surface area contributed by atoms with Crippen LogP contribution in [0, 0.1) is 6.92 Å². The number of nitrogens with two attached hydrogens (primary N) is 1. The third kappa shape index (κ3) is 4.24. The van der Waals surface area contributed by atoms with Gasteiger partial charge in [-0.15, -0.1) is 11.3 Å². The van der Waals surface area contributed by atoms with Crippen LogP contribution in [0.3, 0.4) is 0 Å². The normalized spacial score (nSPS) is 10.2. The Morgan fingerprint density at radius 2 is 2.25 bits per heavy atom. The minimum atomic E-state index is -0.0519. The van der Waals surface area contributed by atoms with E-state index in [1.807, 2.05) is 30.5 Å². The highest BCUT2D eigenvalue weighted by Crippen LogP contribution is 2.20. The van der Waals surface area contributed by atoms with Crippen LogP contribution in [0.4, 0.5) is 10.8 Å².